The van der Waals surface area contributed by atoms with Crippen molar-refractivity contribution in [2.45, 2.75) is 25.7 Å². The summed E-state index contributed by atoms with van der Waals surface area (Å²) in [5.41, 5.74) is 0.819. The van der Waals surface area contributed by atoms with Crippen LogP contribution in [-0.4, -0.2) is 18.1 Å². The highest BCUT2D eigenvalue weighted by Gasteiger charge is 2.33. The number of carbonyl (C=O) groups is 1. The van der Waals surface area contributed by atoms with Crippen LogP contribution in [0.15, 0.2) is 48.5 Å². The molecule has 0 saturated heterocycles. The van der Waals surface area contributed by atoms with Gasteiger partial charge in [0.2, 0.25) is 6.10 Å². The minimum Gasteiger partial charge on any atom is -0.482 e. The fraction of sp³-hybridized carbons (Fsp3) is 0.235. The van der Waals surface area contributed by atoms with E-state index < -0.39 is 6.10 Å². The van der Waals surface area contributed by atoms with E-state index in [1.165, 1.54) is 12.1 Å². The van der Waals surface area contributed by atoms with Crippen LogP contribution in [0.5, 0.6) is 11.5 Å². The van der Waals surface area contributed by atoms with Crippen LogP contribution in [0.25, 0.3) is 0 Å². The average Bonchev–Trinajstić information content (AvgIpc) is 2.53. The predicted octanol–water partition coefficient (Wildman–Crippen LogP) is 2.67. The quantitative estimate of drug-likeness (QED) is 0.948. The van der Waals surface area contributed by atoms with E-state index in [2.05, 4.69) is 5.32 Å². The molecule has 0 aliphatic carbocycles. The lowest BCUT2D eigenvalue weighted by Crippen LogP contribution is -2.48. The molecule has 1 amide bonds. The first kappa shape index (κ1) is 14.4. The standard InChI is InChI=1S/C17H16FNO3/c1-11-16(22-15-5-3-2-4-14(15)21-11)17(20)19-10-12-6-8-13(18)9-7-12/h2-9,11,16H,10H2,1H3,(H,19,20)/t11-,16+/m1/s1. The molecule has 1 aliphatic rings. The molecule has 0 bridgehead atoms. The van der Waals surface area contributed by atoms with Crippen molar-refractivity contribution in [1.29, 1.82) is 0 Å². The summed E-state index contributed by atoms with van der Waals surface area (Å²) in [7, 11) is 0. The summed E-state index contributed by atoms with van der Waals surface area (Å²) in [6, 6.07) is 13.2. The number of halogens is 1. The summed E-state index contributed by atoms with van der Waals surface area (Å²) in [6.07, 6.45) is -1.10. The lowest BCUT2D eigenvalue weighted by atomic mass is 10.1. The first-order valence-corrected chi connectivity index (χ1v) is 7.08. The van der Waals surface area contributed by atoms with E-state index in [1.54, 1.807) is 31.2 Å². The molecule has 0 spiro atoms. The molecular formula is C17H16FNO3. The largest absolute Gasteiger partial charge is 0.482 e. The number of nitrogens with one attached hydrogen (secondary N) is 1. The monoisotopic (exact) mass is 301 g/mol. The molecule has 0 radical (unpaired) electrons. The molecule has 1 heterocycles. The Morgan fingerprint density at radius 1 is 1.09 bits per heavy atom. The summed E-state index contributed by atoms with van der Waals surface area (Å²) in [6.45, 7) is 2.10. The second-order valence-corrected chi connectivity index (χ2v) is 5.15. The van der Waals surface area contributed by atoms with Gasteiger partial charge in [0.15, 0.2) is 11.5 Å². The maximum atomic E-state index is 12.8. The highest BCUT2D eigenvalue weighted by molar-refractivity contribution is 5.82. The smallest absolute Gasteiger partial charge is 0.265 e. The second-order valence-electron chi connectivity index (χ2n) is 5.15. The zero-order valence-electron chi connectivity index (χ0n) is 12.1. The molecule has 1 aliphatic heterocycles. The van der Waals surface area contributed by atoms with Crippen molar-refractivity contribution in [2.75, 3.05) is 0 Å². The number of amides is 1. The van der Waals surface area contributed by atoms with Gasteiger partial charge in [0.1, 0.15) is 11.9 Å². The summed E-state index contributed by atoms with van der Waals surface area (Å²) in [5.74, 6) is 0.635. The highest BCUT2D eigenvalue weighted by atomic mass is 19.1. The maximum Gasteiger partial charge on any atom is 0.265 e. The number of fused-ring (bicyclic) bond motifs is 1. The van der Waals surface area contributed by atoms with E-state index in [9.17, 15) is 9.18 Å². The van der Waals surface area contributed by atoms with Crippen LogP contribution in [0.4, 0.5) is 4.39 Å². The van der Waals surface area contributed by atoms with Gasteiger partial charge in [-0.05, 0) is 36.8 Å². The van der Waals surface area contributed by atoms with Gasteiger partial charge in [-0.1, -0.05) is 24.3 Å². The van der Waals surface area contributed by atoms with Crippen LogP contribution >= 0.6 is 0 Å². The molecule has 1 N–H and O–H groups in total. The number of hydrogen-bond acceptors (Lipinski definition) is 3. The van der Waals surface area contributed by atoms with Crippen molar-refractivity contribution >= 4 is 5.91 Å². The van der Waals surface area contributed by atoms with Crippen LogP contribution in [-0.2, 0) is 11.3 Å². The number of carbonyl (C=O) groups excluding carboxylic acids is 1. The fourth-order valence-electron chi connectivity index (χ4n) is 2.30. The van der Waals surface area contributed by atoms with Gasteiger partial charge in [0.05, 0.1) is 0 Å². The molecule has 0 saturated carbocycles. The van der Waals surface area contributed by atoms with Crippen molar-refractivity contribution in [3.8, 4) is 11.5 Å². The molecular weight excluding hydrogens is 285 g/mol. The average molecular weight is 301 g/mol. The molecule has 5 heteroatoms. The van der Waals surface area contributed by atoms with Crippen LogP contribution in [0.3, 0.4) is 0 Å². The maximum absolute atomic E-state index is 12.8. The Labute approximate surface area is 127 Å². The van der Waals surface area contributed by atoms with Gasteiger partial charge in [-0.2, -0.15) is 0 Å². The normalized spacial score (nSPS) is 19.5. The minimum atomic E-state index is -0.713. The predicted molar refractivity (Wildman–Crippen MR) is 79.2 cm³/mol. The van der Waals surface area contributed by atoms with Gasteiger partial charge in [-0.15, -0.1) is 0 Å². The minimum absolute atomic E-state index is 0.258. The van der Waals surface area contributed by atoms with Crippen LogP contribution in [0, 0.1) is 5.82 Å². The number of ether oxygens (including phenoxy) is 2. The lowest BCUT2D eigenvalue weighted by molar-refractivity contribution is -0.133. The summed E-state index contributed by atoms with van der Waals surface area (Å²) in [4.78, 5) is 12.3. The third-order valence-corrected chi connectivity index (χ3v) is 3.48. The molecule has 0 fully saturated rings. The molecule has 0 unspecified atom stereocenters. The Hall–Kier alpha value is -2.56. The molecule has 3 rings (SSSR count). The summed E-state index contributed by atoms with van der Waals surface area (Å²) in [5, 5.41) is 2.78. The summed E-state index contributed by atoms with van der Waals surface area (Å²) >= 11 is 0. The number of hydrogen-bond donors (Lipinski definition) is 1. The van der Waals surface area contributed by atoms with Gasteiger partial charge in [0.25, 0.3) is 5.91 Å². The zero-order chi connectivity index (χ0) is 15.5. The second kappa shape index (κ2) is 6.05. The van der Waals surface area contributed by atoms with Crippen molar-refractivity contribution in [3.63, 3.8) is 0 Å². The number of para-hydroxylation sites is 2. The Balaban J connectivity index is 1.64. The van der Waals surface area contributed by atoms with E-state index in [0.717, 1.165) is 5.56 Å². The van der Waals surface area contributed by atoms with E-state index in [-0.39, 0.29) is 17.8 Å². The highest BCUT2D eigenvalue weighted by Crippen LogP contribution is 2.33. The van der Waals surface area contributed by atoms with E-state index in [1.807, 2.05) is 12.1 Å². The Morgan fingerprint density at radius 3 is 2.41 bits per heavy atom. The molecule has 114 valence electrons. The molecule has 22 heavy (non-hydrogen) atoms. The molecule has 0 aromatic heterocycles. The first-order valence-electron chi connectivity index (χ1n) is 7.08. The van der Waals surface area contributed by atoms with Crippen LogP contribution in [0.2, 0.25) is 0 Å². The van der Waals surface area contributed by atoms with Crippen molar-refractivity contribution in [3.05, 3.63) is 59.9 Å². The van der Waals surface area contributed by atoms with Gasteiger partial charge in [-0.3, -0.25) is 4.79 Å². The topological polar surface area (TPSA) is 47.6 Å². The van der Waals surface area contributed by atoms with Gasteiger partial charge in [-0.25, -0.2) is 4.39 Å². The molecule has 2 aromatic carbocycles. The van der Waals surface area contributed by atoms with E-state index in [4.69, 9.17) is 9.47 Å². The van der Waals surface area contributed by atoms with Crippen molar-refractivity contribution in [2.24, 2.45) is 0 Å². The van der Waals surface area contributed by atoms with Gasteiger partial charge >= 0.3 is 0 Å². The molecule has 2 aromatic rings. The third-order valence-electron chi connectivity index (χ3n) is 3.48. The molecule has 4 nitrogen and oxygen atoms in total. The van der Waals surface area contributed by atoms with Gasteiger partial charge in [0, 0.05) is 6.54 Å². The van der Waals surface area contributed by atoms with Crippen molar-refractivity contribution < 1.29 is 18.7 Å². The zero-order valence-corrected chi connectivity index (χ0v) is 12.1. The third kappa shape index (κ3) is 3.03. The van der Waals surface area contributed by atoms with Crippen molar-refractivity contribution in [1.82, 2.24) is 5.32 Å². The lowest BCUT2D eigenvalue weighted by Gasteiger charge is -2.31. The Kier molecular flexibility index (Phi) is 3.96. The van der Waals surface area contributed by atoms with Gasteiger partial charge < -0.3 is 14.8 Å². The summed E-state index contributed by atoms with van der Waals surface area (Å²) < 4.78 is 24.3. The van der Waals surface area contributed by atoms with E-state index >= 15 is 0 Å². The van der Waals surface area contributed by atoms with E-state index in [0.29, 0.717) is 18.0 Å². The number of rotatable bonds is 3. The Bertz CT molecular complexity index is 672. The van der Waals surface area contributed by atoms with Crippen LogP contribution in [0.1, 0.15) is 12.5 Å². The fourth-order valence-corrected chi connectivity index (χ4v) is 2.30. The van der Waals surface area contributed by atoms with Crippen LogP contribution < -0.4 is 14.8 Å². The Morgan fingerprint density at radius 2 is 1.73 bits per heavy atom. The first-order chi connectivity index (χ1) is 10.6. The molecule has 2 atom stereocenters. The SMILES string of the molecule is C[C@H]1Oc2ccccc2O[C@@H]1C(=O)NCc1ccc(F)cc1. The number of benzene rings is 2.